The first-order chi connectivity index (χ1) is 30.0. The Bertz CT molecular complexity index is 2570. The molecule has 0 saturated carbocycles. The fraction of sp³-hybridized carbons (Fsp3) is 0.378. The molecule has 2 fully saturated rings. The summed E-state index contributed by atoms with van der Waals surface area (Å²) in [7, 11) is 4.60. The van der Waals surface area contributed by atoms with Gasteiger partial charge in [0.1, 0.15) is 17.6 Å². The molecule has 4 aliphatic rings. The first-order valence-electron chi connectivity index (χ1n) is 20.4. The summed E-state index contributed by atoms with van der Waals surface area (Å²) in [6.07, 6.45) is -1.30. The topological polar surface area (TPSA) is 196 Å². The largest absolute Gasteiger partial charge is 0.508 e. The van der Waals surface area contributed by atoms with Gasteiger partial charge in [0.2, 0.25) is 12.5 Å². The van der Waals surface area contributed by atoms with Crippen LogP contribution in [0.25, 0.3) is 17.1 Å². The summed E-state index contributed by atoms with van der Waals surface area (Å²) in [5.74, 6) is 0.195. The van der Waals surface area contributed by atoms with Crippen LogP contribution < -0.4 is 29.4 Å². The average Bonchev–Trinajstić information content (AvgIpc) is 4.01. The monoisotopic (exact) mass is 849 g/mol. The van der Waals surface area contributed by atoms with Gasteiger partial charge in [-0.3, -0.25) is 9.69 Å². The van der Waals surface area contributed by atoms with Gasteiger partial charge in [0.05, 0.1) is 45.1 Å². The van der Waals surface area contributed by atoms with Gasteiger partial charge >= 0.3 is 17.8 Å². The molecule has 324 valence electrons. The Morgan fingerprint density at radius 1 is 0.855 bits per heavy atom. The number of phenols is 2. The van der Waals surface area contributed by atoms with Crippen LogP contribution in [0.4, 0.5) is 4.79 Å². The van der Waals surface area contributed by atoms with E-state index in [9.17, 15) is 24.6 Å². The number of nitrogens with one attached hydrogen (secondary N) is 1. The first kappa shape index (κ1) is 40.5. The van der Waals surface area contributed by atoms with Crippen LogP contribution in [0, 0.1) is 11.8 Å². The number of aromatic hydroxyl groups is 2. The van der Waals surface area contributed by atoms with Crippen LogP contribution in [0.3, 0.4) is 0 Å². The van der Waals surface area contributed by atoms with Crippen molar-refractivity contribution in [3.05, 3.63) is 99.0 Å². The predicted molar refractivity (Wildman–Crippen MR) is 222 cm³/mol. The minimum Gasteiger partial charge on any atom is -0.508 e. The number of carbonyl (C=O) groups is 2. The number of cyclic esters (lactones) is 1. The number of esters is 1. The van der Waals surface area contributed by atoms with E-state index in [2.05, 4.69) is 15.1 Å². The lowest BCUT2D eigenvalue weighted by Gasteiger charge is -2.40. The maximum atomic E-state index is 14.0. The second-order valence-electron chi connectivity index (χ2n) is 16.1. The third-order valence-electron chi connectivity index (χ3n) is 12.3. The van der Waals surface area contributed by atoms with Crippen LogP contribution >= 0.6 is 0 Å². The normalized spacial score (nSPS) is 20.4. The fourth-order valence-electron chi connectivity index (χ4n) is 9.18. The zero-order valence-electron chi connectivity index (χ0n) is 34.9. The molecular formula is C45H47N5O12. The number of benzene rings is 4. The molecule has 2 saturated heterocycles. The highest BCUT2D eigenvalue weighted by molar-refractivity contribution is 5.79. The molecule has 62 heavy (non-hydrogen) atoms. The summed E-state index contributed by atoms with van der Waals surface area (Å²) in [5, 5.41) is 27.7. The van der Waals surface area contributed by atoms with Crippen molar-refractivity contribution in [3.8, 4) is 57.3 Å². The van der Waals surface area contributed by atoms with Crippen molar-refractivity contribution in [2.75, 3.05) is 60.9 Å². The van der Waals surface area contributed by atoms with Gasteiger partial charge in [-0.1, -0.05) is 26.0 Å². The number of nitrogens with zero attached hydrogens (tertiary/aromatic N) is 4. The Morgan fingerprint density at radius 2 is 1.53 bits per heavy atom. The zero-order chi connectivity index (χ0) is 43.4. The van der Waals surface area contributed by atoms with Crippen molar-refractivity contribution >= 4 is 12.1 Å². The molecule has 4 heterocycles. The van der Waals surface area contributed by atoms with E-state index in [1.807, 2.05) is 62.4 Å². The summed E-state index contributed by atoms with van der Waals surface area (Å²) in [4.78, 5) is 44.5. The fourth-order valence-corrected chi connectivity index (χ4v) is 9.18. The SMILES string of the molecule is COc1cc([C@@H]2c3cc4c(cc3[C@H](OC(=O)N3CCN(Cc5ccc(-n6c(-c7cc(C(C)C)c(O)cc7O)n[nH]c6=O)cc5)CC3)[C@H]3COC(=O)[C@H]23)OCO4)cc(OC)c1OC. The highest BCUT2D eigenvalue weighted by Crippen LogP contribution is 2.56. The quantitative estimate of drug-likeness (QED) is 0.150. The number of fused-ring (bicyclic) bond motifs is 3. The second kappa shape index (κ2) is 16.2. The molecule has 1 amide bonds. The van der Waals surface area contributed by atoms with Crippen LogP contribution in [-0.2, 0) is 20.8 Å². The molecule has 17 heteroatoms. The Balaban J connectivity index is 0.908. The van der Waals surface area contributed by atoms with Gasteiger partial charge in [0.15, 0.2) is 28.8 Å². The van der Waals surface area contributed by atoms with Crippen molar-refractivity contribution < 1.29 is 53.0 Å². The lowest BCUT2D eigenvalue weighted by atomic mass is 9.66. The van der Waals surface area contributed by atoms with Crippen molar-refractivity contribution in [2.24, 2.45) is 11.8 Å². The first-order valence-corrected chi connectivity index (χ1v) is 20.4. The lowest BCUT2D eigenvalue weighted by Crippen LogP contribution is -2.49. The molecule has 5 aromatic rings. The van der Waals surface area contributed by atoms with E-state index >= 15 is 0 Å². The molecule has 3 N–H and O–H groups in total. The Morgan fingerprint density at radius 3 is 2.18 bits per heavy atom. The molecule has 17 nitrogen and oxygen atoms in total. The summed E-state index contributed by atoms with van der Waals surface area (Å²) in [6, 6.07) is 17.7. The number of amides is 1. The molecule has 0 radical (unpaired) electrons. The van der Waals surface area contributed by atoms with Gasteiger partial charge in [0, 0.05) is 56.2 Å². The Labute approximate surface area is 356 Å². The molecule has 9 rings (SSSR count). The zero-order valence-corrected chi connectivity index (χ0v) is 34.9. The van der Waals surface area contributed by atoms with E-state index in [0.717, 1.165) is 16.7 Å². The molecule has 0 bridgehead atoms. The number of H-pyrrole nitrogens is 1. The number of phenolic OH excluding ortho intramolecular Hbond substituents is 2. The third-order valence-corrected chi connectivity index (χ3v) is 12.3. The molecular weight excluding hydrogens is 803 g/mol. The van der Waals surface area contributed by atoms with Gasteiger partial charge in [-0.2, -0.15) is 5.10 Å². The van der Waals surface area contributed by atoms with Gasteiger partial charge < -0.3 is 48.3 Å². The van der Waals surface area contributed by atoms with Crippen LogP contribution in [0.1, 0.15) is 59.6 Å². The van der Waals surface area contributed by atoms with E-state index in [-0.39, 0.29) is 36.6 Å². The van der Waals surface area contributed by atoms with Gasteiger partial charge in [-0.25, -0.2) is 19.3 Å². The summed E-state index contributed by atoms with van der Waals surface area (Å²) < 4.78 is 42.0. The van der Waals surface area contributed by atoms with E-state index < -0.39 is 41.6 Å². The van der Waals surface area contributed by atoms with Crippen molar-refractivity contribution in [3.63, 3.8) is 0 Å². The molecule has 0 unspecified atom stereocenters. The summed E-state index contributed by atoms with van der Waals surface area (Å²) in [5.41, 5.74) is 4.18. The molecule has 4 aromatic carbocycles. The summed E-state index contributed by atoms with van der Waals surface area (Å²) >= 11 is 0. The van der Waals surface area contributed by atoms with Crippen molar-refractivity contribution in [2.45, 2.75) is 38.3 Å². The van der Waals surface area contributed by atoms with Crippen LogP contribution in [0.2, 0.25) is 0 Å². The Kier molecular flexibility index (Phi) is 10.6. The smallest absolute Gasteiger partial charge is 0.410 e. The maximum Gasteiger partial charge on any atom is 0.410 e. The Hall–Kier alpha value is -6.88. The van der Waals surface area contributed by atoms with Gasteiger partial charge in [-0.05, 0) is 70.6 Å². The standard InChI is InChI=1S/C45H47N5O12/c1-23(2)27-16-30(33(52)19-32(27)51)42-46-47-44(54)50(42)26-8-6-24(7-9-26)20-48-10-12-49(13-11-48)45(55)62-40-29-18-35-34(60-22-61-35)17-28(29)38(39-31(40)21-59-43(39)53)25-14-36(56-3)41(58-5)37(15-25)57-4/h6-9,14-19,23,31,38-40,51-52H,10-13,20-22H2,1-5H3,(H,47,54)/t31-,38+,39-,40-/m0/s1. The highest BCUT2D eigenvalue weighted by atomic mass is 16.7. The number of rotatable bonds is 10. The number of aromatic amines is 1. The molecule has 0 spiro atoms. The number of hydrogen-bond donors (Lipinski definition) is 3. The van der Waals surface area contributed by atoms with Crippen LogP contribution in [0.5, 0.6) is 40.2 Å². The number of hydrogen-bond acceptors (Lipinski definition) is 14. The van der Waals surface area contributed by atoms with E-state index in [0.29, 0.717) is 83.8 Å². The second-order valence-corrected chi connectivity index (χ2v) is 16.1. The number of methoxy groups -OCH3 is 3. The minimum atomic E-state index is -0.809. The van der Waals surface area contributed by atoms with E-state index in [1.54, 1.807) is 11.0 Å². The average molecular weight is 850 g/mol. The van der Waals surface area contributed by atoms with E-state index in [1.165, 1.54) is 32.0 Å². The van der Waals surface area contributed by atoms with Crippen LogP contribution in [-0.4, -0.2) is 108 Å². The number of piperazine rings is 1. The van der Waals surface area contributed by atoms with Gasteiger partial charge in [0.25, 0.3) is 0 Å². The van der Waals surface area contributed by atoms with E-state index in [4.69, 9.17) is 33.2 Å². The summed E-state index contributed by atoms with van der Waals surface area (Å²) in [6.45, 7) is 6.54. The molecule has 4 atom stereocenters. The van der Waals surface area contributed by atoms with Gasteiger partial charge in [-0.15, -0.1) is 0 Å². The van der Waals surface area contributed by atoms with Crippen molar-refractivity contribution in [1.29, 1.82) is 0 Å². The predicted octanol–water partition coefficient (Wildman–Crippen LogP) is 5.45. The molecule has 1 aliphatic carbocycles. The number of ether oxygens (including phenoxy) is 7. The lowest BCUT2D eigenvalue weighted by molar-refractivity contribution is -0.141. The maximum absolute atomic E-state index is 14.0. The number of carbonyl (C=O) groups excluding carboxylic acids is 2. The number of aromatic nitrogens is 3. The third kappa shape index (κ3) is 7.04. The van der Waals surface area contributed by atoms with Crippen molar-refractivity contribution in [1.82, 2.24) is 24.6 Å². The molecule has 1 aromatic heterocycles. The minimum absolute atomic E-state index is 0.0283. The highest BCUT2D eigenvalue weighted by Gasteiger charge is 2.54. The van der Waals surface area contributed by atoms with Crippen LogP contribution in [0.15, 0.2) is 65.5 Å². The molecule has 3 aliphatic heterocycles.